The molecule has 0 aromatic heterocycles. The van der Waals surface area contributed by atoms with E-state index in [1.807, 2.05) is 63.2 Å². The molecule has 174 valence electrons. The van der Waals surface area contributed by atoms with Gasteiger partial charge in [-0.2, -0.15) is 0 Å². The molecule has 0 aliphatic rings. The third-order valence-corrected chi connectivity index (χ3v) is 5.96. The summed E-state index contributed by atoms with van der Waals surface area (Å²) in [7, 11) is 0. The van der Waals surface area contributed by atoms with E-state index in [1.165, 1.54) is 5.56 Å². The summed E-state index contributed by atoms with van der Waals surface area (Å²) < 4.78 is 5.77. The van der Waals surface area contributed by atoms with Crippen molar-refractivity contribution in [3.05, 3.63) is 64.7 Å². The minimum atomic E-state index is -0.611. The molecule has 0 saturated heterocycles. The molecule has 0 spiro atoms. The number of hydrogen-bond acceptors (Lipinski definition) is 3. The van der Waals surface area contributed by atoms with E-state index in [0.717, 1.165) is 12.0 Å². The molecule has 0 radical (unpaired) electrons. The number of hydrogen-bond donors (Lipinski definition) is 1. The van der Waals surface area contributed by atoms with Crippen LogP contribution >= 0.6 is 11.6 Å². The van der Waals surface area contributed by atoms with E-state index in [4.69, 9.17) is 16.3 Å². The van der Waals surface area contributed by atoms with Gasteiger partial charge in [0.15, 0.2) is 6.61 Å². The van der Waals surface area contributed by atoms with Gasteiger partial charge in [-0.3, -0.25) is 9.59 Å². The summed E-state index contributed by atoms with van der Waals surface area (Å²) in [6.07, 6.45) is 1.30. The Morgan fingerprint density at radius 3 is 2.22 bits per heavy atom. The van der Waals surface area contributed by atoms with Crippen LogP contribution in [0.5, 0.6) is 5.75 Å². The summed E-state index contributed by atoms with van der Waals surface area (Å²) in [5.74, 6) is 0.622. The number of halogens is 1. The predicted octanol–water partition coefficient (Wildman–Crippen LogP) is 5.56. The average Bonchev–Trinajstić information content (AvgIpc) is 2.78. The number of benzene rings is 2. The summed E-state index contributed by atoms with van der Waals surface area (Å²) in [5, 5.41) is 3.56. The van der Waals surface area contributed by atoms with Crippen LogP contribution in [-0.2, 0) is 16.1 Å². The molecule has 6 heteroatoms. The number of nitrogens with zero attached hydrogens (tertiary/aromatic N) is 1. The van der Waals surface area contributed by atoms with Crippen molar-refractivity contribution in [2.24, 2.45) is 0 Å². The van der Waals surface area contributed by atoms with Crippen molar-refractivity contribution in [3.8, 4) is 5.75 Å². The van der Waals surface area contributed by atoms with Crippen LogP contribution < -0.4 is 10.1 Å². The Morgan fingerprint density at radius 2 is 1.66 bits per heavy atom. The fraction of sp³-hybridized carbons (Fsp3) is 0.462. The molecule has 0 bridgehead atoms. The number of carbonyl (C=O) groups excluding carboxylic acids is 2. The van der Waals surface area contributed by atoms with E-state index < -0.39 is 6.04 Å². The standard InChI is InChI=1S/C26H35ClN2O3/c1-6-19(5)28-26(31)24(7-2)29(16-21-10-8-9-11-23(21)27)25(30)17-32-22-14-12-20(13-15-22)18(3)4/h8-15,18-19,24H,6-7,16-17H2,1-5H3,(H,28,31)/t19-,24-/m1/s1. The molecule has 2 amide bonds. The molecular formula is C26H35ClN2O3. The van der Waals surface area contributed by atoms with Crippen molar-refractivity contribution in [2.45, 2.75) is 72.0 Å². The SMILES string of the molecule is CC[C@@H](C)NC(=O)[C@@H](CC)N(Cc1ccccc1Cl)C(=O)COc1ccc(C(C)C)cc1. The van der Waals surface area contributed by atoms with Crippen molar-refractivity contribution in [3.63, 3.8) is 0 Å². The Hall–Kier alpha value is -2.53. The van der Waals surface area contributed by atoms with Crippen molar-refractivity contribution in [1.82, 2.24) is 10.2 Å². The molecule has 0 aliphatic heterocycles. The zero-order chi connectivity index (χ0) is 23.7. The van der Waals surface area contributed by atoms with E-state index in [1.54, 1.807) is 11.0 Å². The Kier molecular flexibility index (Phi) is 10.0. The van der Waals surface area contributed by atoms with Gasteiger partial charge < -0.3 is 15.0 Å². The molecule has 0 heterocycles. The lowest BCUT2D eigenvalue weighted by Crippen LogP contribution is -2.51. The first-order valence-corrected chi connectivity index (χ1v) is 11.7. The molecule has 2 rings (SSSR count). The number of carbonyl (C=O) groups is 2. The molecule has 0 unspecified atom stereocenters. The maximum Gasteiger partial charge on any atom is 0.261 e. The predicted molar refractivity (Wildman–Crippen MR) is 130 cm³/mol. The van der Waals surface area contributed by atoms with Crippen LogP contribution in [0.25, 0.3) is 0 Å². The Morgan fingerprint density at radius 1 is 1.00 bits per heavy atom. The van der Waals surface area contributed by atoms with Gasteiger partial charge in [0.25, 0.3) is 5.91 Å². The molecule has 0 saturated carbocycles. The van der Waals surface area contributed by atoms with Gasteiger partial charge in [-0.1, -0.05) is 69.6 Å². The third kappa shape index (κ3) is 7.27. The maximum absolute atomic E-state index is 13.2. The second kappa shape index (κ2) is 12.5. The monoisotopic (exact) mass is 458 g/mol. The normalized spacial score (nSPS) is 12.8. The highest BCUT2D eigenvalue weighted by Crippen LogP contribution is 2.21. The highest BCUT2D eigenvalue weighted by atomic mass is 35.5. The van der Waals surface area contributed by atoms with Crippen LogP contribution in [0.1, 0.15) is 64.5 Å². The zero-order valence-corrected chi connectivity index (χ0v) is 20.5. The van der Waals surface area contributed by atoms with Crippen LogP contribution in [0.4, 0.5) is 0 Å². The van der Waals surface area contributed by atoms with Gasteiger partial charge in [0.1, 0.15) is 11.8 Å². The quantitative estimate of drug-likeness (QED) is 0.479. The first kappa shape index (κ1) is 25.7. The molecule has 0 aliphatic carbocycles. The summed E-state index contributed by atoms with van der Waals surface area (Å²) in [4.78, 5) is 27.8. The Balaban J connectivity index is 2.20. The van der Waals surface area contributed by atoms with Crippen molar-refractivity contribution >= 4 is 23.4 Å². The largest absolute Gasteiger partial charge is 0.484 e. The second-order valence-corrected chi connectivity index (χ2v) is 8.77. The third-order valence-electron chi connectivity index (χ3n) is 5.59. The molecule has 0 fully saturated rings. The molecular weight excluding hydrogens is 424 g/mol. The van der Waals surface area contributed by atoms with Gasteiger partial charge >= 0.3 is 0 Å². The lowest BCUT2D eigenvalue weighted by Gasteiger charge is -2.31. The first-order chi connectivity index (χ1) is 15.3. The van der Waals surface area contributed by atoms with Crippen molar-refractivity contribution in [1.29, 1.82) is 0 Å². The van der Waals surface area contributed by atoms with Crippen molar-refractivity contribution < 1.29 is 14.3 Å². The summed E-state index contributed by atoms with van der Waals surface area (Å²) in [6.45, 7) is 10.2. The summed E-state index contributed by atoms with van der Waals surface area (Å²) in [6, 6.07) is 14.5. The van der Waals surface area contributed by atoms with E-state index in [-0.39, 0.29) is 31.0 Å². The van der Waals surface area contributed by atoms with Gasteiger partial charge in [0.05, 0.1) is 0 Å². The topological polar surface area (TPSA) is 58.6 Å². The van der Waals surface area contributed by atoms with Crippen molar-refractivity contribution in [2.75, 3.05) is 6.61 Å². The lowest BCUT2D eigenvalue weighted by molar-refractivity contribution is -0.143. The van der Waals surface area contributed by atoms with E-state index in [2.05, 4.69) is 19.2 Å². The molecule has 1 N–H and O–H groups in total. The van der Waals surface area contributed by atoms with Crippen LogP contribution in [-0.4, -0.2) is 35.4 Å². The summed E-state index contributed by atoms with van der Waals surface area (Å²) in [5.41, 5.74) is 2.00. The molecule has 32 heavy (non-hydrogen) atoms. The van der Waals surface area contributed by atoms with Crippen LogP contribution in [0.3, 0.4) is 0 Å². The fourth-order valence-corrected chi connectivity index (χ4v) is 3.54. The highest BCUT2D eigenvalue weighted by Gasteiger charge is 2.30. The van der Waals surface area contributed by atoms with Gasteiger partial charge in [-0.15, -0.1) is 0 Å². The smallest absolute Gasteiger partial charge is 0.261 e. The minimum Gasteiger partial charge on any atom is -0.484 e. The molecule has 2 aromatic rings. The lowest BCUT2D eigenvalue weighted by atomic mass is 10.0. The van der Waals surface area contributed by atoms with E-state index in [0.29, 0.717) is 23.1 Å². The van der Waals surface area contributed by atoms with Gasteiger partial charge in [-0.05, 0) is 55.0 Å². The maximum atomic E-state index is 13.2. The van der Waals surface area contributed by atoms with Crippen LogP contribution in [0, 0.1) is 0 Å². The fourth-order valence-electron chi connectivity index (χ4n) is 3.35. The van der Waals surface area contributed by atoms with Crippen LogP contribution in [0.2, 0.25) is 5.02 Å². The Labute approximate surface area is 197 Å². The van der Waals surface area contributed by atoms with Crippen LogP contribution in [0.15, 0.2) is 48.5 Å². The highest BCUT2D eigenvalue weighted by molar-refractivity contribution is 6.31. The van der Waals surface area contributed by atoms with E-state index >= 15 is 0 Å². The molecule has 5 nitrogen and oxygen atoms in total. The first-order valence-electron chi connectivity index (χ1n) is 11.3. The zero-order valence-electron chi connectivity index (χ0n) is 19.7. The molecule has 2 aromatic carbocycles. The van der Waals surface area contributed by atoms with Gasteiger partial charge in [0.2, 0.25) is 5.91 Å². The molecule has 2 atom stereocenters. The summed E-state index contributed by atoms with van der Waals surface area (Å²) >= 11 is 6.35. The van der Waals surface area contributed by atoms with Gasteiger partial charge in [0, 0.05) is 17.6 Å². The second-order valence-electron chi connectivity index (χ2n) is 8.37. The number of nitrogens with one attached hydrogen (secondary N) is 1. The number of rotatable bonds is 11. The van der Waals surface area contributed by atoms with E-state index in [9.17, 15) is 9.59 Å². The Bertz CT molecular complexity index is 883. The van der Waals surface area contributed by atoms with Gasteiger partial charge in [-0.25, -0.2) is 0 Å². The average molecular weight is 459 g/mol. The minimum absolute atomic E-state index is 0.0320. The number of ether oxygens (including phenoxy) is 1. The number of amides is 2.